The van der Waals surface area contributed by atoms with Crippen molar-refractivity contribution in [1.29, 1.82) is 0 Å². The van der Waals surface area contributed by atoms with Gasteiger partial charge in [-0.05, 0) is 84.4 Å². The van der Waals surface area contributed by atoms with Crippen LogP contribution in [0.4, 0.5) is 0 Å². The highest BCUT2D eigenvalue weighted by molar-refractivity contribution is 7.47. The number of unbranched alkanes of at least 4 members (excludes halogenated alkanes) is 12. The third-order valence-corrected chi connectivity index (χ3v) is 10.4. The topological polar surface area (TPSA) is 338 Å². The summed E-state index contributed by atoms with van der Waals surface area (Å²) in [4.78, 5) is 72.5. The molecular weight excluding hydrogens is 903 g/mol. The van der Waals surface area contributed by atoms with Crippen LogP contribution in [0.25, 0.3) is 0 Å². The number of esters is 2. The molecule has 0 aromatic rings. The van der Waals surface area contributed by atoms with Gasteiger partial charge in [0.1, 0.15) is 43.2 Å². The van der Waals surface area contributed by atoms with E-state index in [1.54, 1.807) is 6.92 Å². The molecule has 1 rings (SSSR count). The van der Waals surface area contributed by atoms with Crippen LogP contribution in [0.5, 0.6) is 0 Å². The van der Waals surface area contributed by atoms with E-state index in [0.717, 1.165) is 25.7 Å². The number of carbonyl (C=O) groups excluding carboxylic acids is 2. The molecule has 5 unspecified atom stereocenters. The molecule has 0 aliphatic heterocycles. The summed E-state index contributed by atoms with van der Waals surface area (Å²) in [5.74, 6) is 31.2. The second-order valence-electron chi connectivity index (χ2n) is 13.5. The SMILES string of the molecule is CC#CC#CC#CC#CC#CC#CC#CC(=O)OC[C@H](COP(=O)(O)OC1C(O)[C@H](OP(=O)(O)O)C(O)C(OP(=O)(O)O)[C@@H]1O)OC(=O)CCCCCCCCCCCCCCC.N.[HH].[HH].[HH].[HH].[HH].[HH].[HH].[HH].[HH].[HH].[HH].[HH].[HH]. The van der Waals surface area contributed by atoms with Crippen LogP contribution in [-0.4, -0.2) is 108 Å². The number of rotatable bonds is 26. The fourth-order valence-corrected chi connectivity index (χ4v) is 7.64. The maximum absolute atomic E-state index is 13.0. The highest BCUT2D eigenvalue weighted by Crippen LogP contribution is 2.51. The van der Waals surface area contributed by atoms with Crippen molar-refractivity contribution >= 4 is 35.4 Å². The van der Waals surface area contributed by atoms with Gasteiger partial charge in [0.2, 0.25) is 0 Å². The van der Waals surface area contributed by atoms with Crippen molar-refractivity contribution in [2.24, 2.45) is 0 Å². The molecule has 0 bridgehead atoms. The Morgan fingerprint density at radius 3 is 1.34 bits per heavy atom. The average Bonchev–Trinajstić information content (AvgIpc) is 3.20. The van der Waals surface area contributed by atoms with Gasteiger partial charge in [-0.25, -0.2) is 18.5 Å². The second-order valence-corrected chi connectivity index (χ2v) is 17.3. The monoisotopic (exact) mass is 985 g/mol. The molecule has 380 valence electrons. The van der Waals surface area contributed by atoms with Crippen molar-refractivity contribution in [2.45, 2.75) is 146 Å². The molecule has 8 atom stereocenters. The highest BCUT2D eigenvalue weighted by Gasteiger charge is 2.56. The summed E-state index contributed by atoms with van der Waals surface area (Å²) in [5, 5.41) is 31.7. The summed E-state index contributed by atoms with van der Waals surface area (Å²) in [7, 11) is -16.7. The van der Waals surface area contributed by atoms with Gasteiger partial charge in [-0.2, -0.15) is 0 Å². The fraction of sp³-hybridized carbons (Fsp3) is 0.610. The van der Waals surface area contributed by atoms with Gasteiger partial charge in [-0.1, -0.05) is 89.9 Å². The first-order valence-corrected chi connectivity index (χ1v) is 24.3. The third kappa shape index (κ3) is 29.5. The van der Waals surface area contributed by atoms with Crippen molar-refractivity contribution in [1.82, 2.24) is 6.15 Å². The van der Waals surface area contributed by atoms with Gasteiger partial charge in [0.15, 0.2) is 6.10 Å². The molecule has 64 heavy (non-hydrogen) atoms. The van der Waals surface area contributed by atoms with E-state index < -0.39 is 91.3 Å². The number of aliphatic hydroxyl groups excluding tert-OH is 3. The number of ether oxygens (including phenoxy) is 2. The maximum Gasteiger partial charge on any atom is 0.472 e. The first-order valence-electron chi connectivity index (χ1n) is 19.8. The smallest absolute Gasteiger partial charge is 0.456 e. The molecule has 1 aliphatic rings. The Kier molecular flexibility index (Phi) is 31.4. The Morgan fingerprint density at radius 1 is 0.562 bits per heavy atom. The van der Waals surface area contributed by atoms with Crippen LogP contribution < -0.4 is 6.15 Å². The van der Waals surface area contributed by atoms with Crippen LogP contribution in [0.3, 0.4) is 0 Å². The summed E-state index contributed by atoms with van der Waals surface area (Å²) in [6, 6.07) is 0. The Morgan fingerprint density at radius 2 is 0.938 bits per heavy atom. The molecule has 23 heteroatoms. The van der Waals surface area contributed by atoms with Crippen molar-refractivity contribution in [3.05, 3.63) is 0 Å². The minimum Gasteiger partial charge on any atom is -0.456 e. The van der Waals surface area contributed by atoms with Crippen LogP contribution in [-0.2, 0) is 50.9 Å². The zero-order chi connectivity index (χ0) is 47.2. The summed E-state index contributed by atoms with van der Waals surface area (Å²) in [6.07, 6.45) is -3.11. The zero-order valence-electron chi connectivity index (χ0n) is 35.5. The fourth-order valence-electron chi connectivity index (χ4n) is 5.53. The normalized spacial score (nSPS) is 20.0. The van der Waals surface area contributed by atoms with Crippen molar-refractivity contribution in [3.63, 3.8) is 0 Å². The molecule has 1 aliphatic carbocycles. The van der Waals surface area contributed by atoms with Gasteiger partial charge in [0, 0.05) is 30.9 Å². The Hall–Kier alpha value is -3.97. The van der Waals surface area contributed by atoms with E-state index in [-0.39, 0.29) is 31.1 Å². The van der Waals surface area contributed by atoms with E-state index in [2.05, 4.69) is 92.9 Å². The third-order valence-electron chi connectivity index (χ3n) is 8.38. The predicted molar refractivity (Wildman–Crippen MR) is 256 cm³/mol. The molecule has 0 amide bonds. The Bertz CT molecular complexity index is 2090. The molecule has 20 nitrogen and oxygen atoms in total. The van der Waals surface area contributed by atoms with Gasteiger partial charge in [-0.15, -0.1) is 0 Å². The van der Waals surface area contributed by atoms with Gasteiger partial charge in [0.25, 0.3) is 0 Å². The van der Waals surface area contributed by atoms with Crippen LogP contribution in [0.15, 0.2) is 0 Å². The van der Waals surface area contributed by atoms with Crippen molar-refractivity contribution < 1.29 is 109 Å². The molecule has 0 aromatic heterocycles. The number of aliphatic hydroxyl groups is 3. The minimum absolute atomic E-state index is 0. The Labute approximate surface area is 393 Å². The molecule has 1 fully saturated rings. The summed E-state index contributed by atoms with van der Waals surface area (Å²) >= 11 is 0. The number of hydrogen-bond acceptors (Lipinski definition) is 15. The van der Waals surface area contributed by atoms with Crippen molar-refractivity contribution in [3.8, 4) is 82.9 Å². The standard InChI is InChI=1S/C41H53O19P3.H3N.13H2/c1-3-5-7-9-11-13-15-17-19-21-23-25-27-29-34(42)55-31-33(57-35(43)30-28-26-24-22-20-18-16-14-12-10-8-6-4-2)32-56-63(53,54)60-41-37(45)39(58-61(47,48)49)36(44)40(38(41)46)59-62(50,51)52;;;;;;;;;;;;;;/h33,36-41,44-46H,4,6,8,10,12,14,16,18,20,22,24,26,28,30-32H2,1-2H3,(H,53,54)(H2,47,48,49)(H2,50,51,52);1H3;13*1H/t33-,36?,37+,38?,39?,40-,41?;;;;;;;;;;;;;;/m1............../s1. The van der Waals surface area contributed by atoms with Gasteiger partial charge < -0.3 is 55.4 Å². The summed E-state index contributed by atoms with van der Waals surface area (Å²) < 4.78 is 64.6. The van der Waals surface area contributed by atoms with E-state index in [1.807, 2.05) is 5.92 Å². The largest absolute Gasteiger partial charge is 0.472 e. The van der Waals surface area contributed by atoms with Crippen molar-refractivity contribution in [2.75, 3.05) is 13.2 Å². The highest BCUT2D eigenvalue weighted by atomic mass is 31.2. The van der Waals surface area contributed by atoms with Gasteiger partial charge in [-0.3, -0.25) is 22.9 Å². The number of phosphoric ester groups is 3. The summed E-state index contributed by atoms with van der Waals surface area (Å²) in [5.41, 5.74) is 0. The molecular formula is C41H82NO19P3. The van der Waals surface area contributed by atoms with E-state index in [0.29, 0.717) is 12.8 Å². The first-order chi connectivity index (χ1) is 29.8. The number of phosphoric acid groups is 3. The van der Waals surface area contributed by atoms with E-state index >= 15 is 0 Å². The lowest BCUT2D eigenvalue weighted by Gasteiger charge is -2.44. The van der Waals surface area contributed by atoms with Gasteiger partial charge >= 0.3 is 35.4 Å². The first kappa shape index (κ1) is 60.0. The van der Waals surface area contributed by atoms with E-state index in [4.69, 9.17) is 18.5 Å². The lowest BCUT2D eigenvalue weighted by molar-refractivity contribution is -0.213. The average molecular weight is 986 g/mol. The minimum atomic E-state index is -5.58. The Balaban J connectivity index is -0.000000236. The number of hydrogen-bond donors (Lipinski definition) is 9. The van der Waals surface area contributed by atoms with Crippen LogP contribution >= 0.6 is 23.5 Å². The van der Waals surface area contributed by atoms with E-state index in [9.17, 15) is 63.1 Å². The van der Waals surface area contributed by atoms with E-state index in [1.165, 1.54) is 44.9 Å². The molecule has 0 saturated heterocycles. The molecule has 0 spiro atoms. The zero-order valence-corrected chi connectivity index (χ0v) is 38.2. The molecule has 0 aromatic carbocycles. The summed E-state index contributed by atoms with van der Waals surface area (Å²) in [6.45, 7) is 1.96. The molecule has 1 saturated carbocycles. The second kappa shape index (κ2) is 33.5. The maximum atomic E-state index is 13.0. The van der Waals surface area contributed by atoms with Crippen LogP contribution in [0, 0.1) is 82.9 Å². The van der Waals surface area contributed by atoms with Crippen LogP contribution in [0.1, 0.15) is 122 Å². The quantitative estimate of drug-likeness (QED) is 0.0161. The predicted octanol–water partition coefficient (Wildman–Crippen LogP) is 5.88. The lowest BCUT2D eigenvalue weighted by Crippen LogP contribution is -2.65. The van der Waals surface area contributed by atoms with Gasteiger partial charge in [0.05, 0.1) is 6.61 Å². The molecule has 0 heterocycles. The van der Waals surface area contributed by atoms with Crippen LogP contribution in [0.2, 0.25) is 0 Å². The lowest BCUT2D eigenvalue weighted by atomic mass is 9.85. The molecule has 0 radical (unpaired) electrons. The molecule has 11 N–H and O–H groups in total. The number of carbonyl (C=O) groups is 2.